The van der Waals surface area contributed by atoms with Crippen molar-refractivity contribution in [2.45, 2.75) is 6.92 Å². The van der Waals surface area contributed by atoms with Gasteiger partial charge in [-0.25, -0.2) is 0 Å². The Bertz CT molecular complexity index is 912. The smallest absolute Gasteiger partial charge is 0.270 e. The number of carbonyl (C=O) groups is 2. The van der Waals surface area contributed by atoms with E-state index in [1.54, 1.807) is 18.2 Å². The Kier molecular flexibility index (Phi) is 6.84. The molecule has 0 spiro atoms. The largest absolute Gasteiger partial charge is 0.333 e. The van der Waals surface area contributed by atoms with E-state index < -0.39 is 4.92 Å². The number of anilines is 1. The van der Waals surface area contributed by atoms with E-state index in [9.17, 15) is 19.7 Å². The van der Waals surface area contributed by atoms with E-state index in [4.69, 9.17) is 0 Å². The number of halogens is 1. The fourth-order valence-electron chi connectivity index (χ4n) is 2.29. The number of amides is 2. The zero-order valence-corrected chi connectivity index (χ0v) is 16.4. The zero-order valence-electron chi connectivity index (χ0n) is 14.8. The Labute approximate surface area is 165 Å². The number of benzene rings is 2. The van der Waals surface area contributed by atoms with Crippen molar-refractivity contribution in [3.8, 4) is 0 Å². The Hall–Kier alpha value is -3.00. The molecule has 0 aromatic heterocycles. The third-order valence-corrected chi connectivity index (χ3v) is 4.21. The summed E-state index contributed by atoms with van der Waals surface area (Å²) >= 11 is 3.36. The summed E-state index contributed by atoms with van der Waals surface area (Å²) in [5.41, 5.74) is 2.05. The van der Waals surface area contributed by atoms with Crippen molar-refractivity contribution >= 4 is 45.2 Å². The van der Waals surface area contributed by atoms with E-state index in [1.165, 1.54) is 36.2 Å². The molecule has 0 saturated heterocycles. The molecule has 1 N–H and O–H groups in total. The van der Waals surface area contributed by atoms with Gasteiger partial charge in [0.1, 0.15) is 0 Å². The van der Waals surface area contributed by atoms with Gasteiger partial charge in [-0.1, -0.05) is 28.1 Å². The standard InChI is InChI=1S/C19H18BrN3O4/c1-13-10-15(20)7-8-17(13)21-18(24)12-22(2)19(25)9-6-14-4-3-5-16(11-14)23(26)27/h3-11H,12H2,1-2H3,(H,21,24). The van der Waals surface area contributed by atoms with Crippen LogP contribution in [0.1, 0.15) is 11.1 Å². The van der Waals surface area contributed by atoms with Crippen LogP contribution in [-0.4, -0.2) is 35.2 Å². The highest BCUT2D eigenvalue weighted by atomic mass is 79.9. The topological polar surface area (TPSA) is 92.6 Å². The van der Waals surface area contributed by atoms with Gasteiger partial charge in [0, 0.05) is 35.4 Å². The van der Waals surface area contributed by atoms with Gasteiger partial charge in [0.05, 0.1) is 11.5 Å². The molecule has 0 atom stereocenters. The molecule has 0 saturated carbocycles. The number of aryl methyl sites for hydroxylation is 1. The highest BCUT2D eigenvalue weighted by Crippen LogP contribution is 2.20. The van der Waals surface area contributed by atoms with Gasteiger partial charge in [0.25, 0.3) is 5.69 Å². The van der Waals surface area contributed by atoms with E-state index in [2.05, 4.69) is 21.2 Å². The number of hydrogen-bond donors (Lipinski definition) is 1. The fourth-order valence-corrected chi connectivity index (χ4v) is 2.76. The molecule has 7 nitrogen and oxygen atoms in total. The van der Waals surface area contributed by atoms with Crippen molar-refractivity contribution in [3.05, 3.63) is 74.3 Å². The molecule has 27 heavy (non-hydrogen) atoms. The monoisotopic (exact) mass is 431 g/mol. The van der Waals surface area contributed by atoms with Crippen molar-refractivity contribution < 1.29 is 14.5 Å². The van der Waals surface area contributed by atoms with Crippen LogP contribution in [0.5, 0.6) is 0 Å². The third-order valence-electron chi connectivity index (χ3n) is 3.72. The van der Waals surface area contributed by atoms with Gasteiger partial charge in [0.2, 0.25) is 11.8 Å². The van der Waals surface area contributed by atoms with E-state index >= 15 is 0 Å². The molecule has 8 heteroatoms. The highest BCUT2D eigenvalue weighted by Gasteiger charge is 2.12. The first kappa shape index (κ1) is 20.3. The molecule has 0 radical (unpaired) electrons. The van der Waals surface area contributed by atoms with Gasteiger partial charge in [-0.05, 0) is 42.3 Å². The van der Waals surface area contributed by atoms with Crippen LogP contribution < -0.4 is 5.32 Å². The summed E-state index contributed by atoms with van der Waals surface area (Å²) in [5.74, 6) is -0.704. The Morgan fingerprint density at radius 3 is 2.67 bits per heavy atom. The van der Waals surface area contributed by atoms with Gasteiger partial charge < -0.3 is 10.2 Å². The summed E-state index contributed by atoms with van der Waals surface area (Å²) in [6.07, 6.45) is 2.75. The van der Waals surface area contributed by atoms with Crippen LogP contribution in [0.15, 0.2) is 53.0 Å². The van der Waals surface area contributed by atoms with Crippen molar-refractivity contribution in [2.75, 3.05) is 18.9 Å². The lowest BCUT2D eigenvalue weighted by molar-refractivity contribution is -0.384. The van der Waals surface area contributed by atoms with Crippen LogP contribution in [0.3, 0.4) is 0 Å². The SMILES string of the molecule is Cc1cc(Br)ccc1NC(=O)CN(C)C(=O)C=Cc1cccc([N+](=O)[O-])c1. The minimum absolute atomic E-state index is 0.0535. The van der Waals surface area contributed by atoms with E-state index in [0.717, 1.165) is 10.0 Å². The van der Waals surface area contributed by atoms with Crippen LogP contribution in [-0.2, 0) is 9.59 Å². The number of carbonyl (C=O) groups excluding carboxylic acids is 2. The summed E-state index contributed by atoms with van der Waals surface area (Å²) in [4.78, 5) is 35.8. The lowest BCUT2D eigenvalue weighted by Gasteiger charge is -2.15. The van der Waals surface area contributed by atoms with Crippen molar-refractivity contribution in [2.24, 2.45) is 0 Å². The van der Waals surface area contributed by atoms with Crippen LogP contribution >= 0.6 is 15.9 Å². The second-order valence-electron chi connectivity index (χ2n) is 5.89. The molecule has 0 aliphatic rings. The summed E-state index contributed by atoms with van der Waals surface area (Å²) < 4.78 is 0.914. The molecule has 0 heterocycles. The van der Waals surface area contributed by atoms with Crippen LogP contribution in [0, 0.1) is 17.0 Å². The number of nitrogens with one attached hydrogen (secondary N) is 1. The van der Waals surface area contributed by atoms with Crippen LogP contribution in [0.4, 0.5) is 11.4 Å². The number of hydrogen-bond acceptors (Lipinski definition) is 4. The average molecular weight is 432 g/mol. The summed E-state index contributed by atoms with van der Waals surface area (Å²) in [6, 6.07) is 11.4. The fraction of sp³-hybridized carbons (Fsp3) is 0.158. The molecule has 0 fully saturated rings. The molecule has 0 bridgehead atoms. The van der Waals surface area contributed by atoms with Gasteiger partial charge in [-0.3, -0.25) is 19.7 Å². The van der Waals surface area contributed by atoms with Crippen molar-refractivity contribution in [1.29, 1.82) is 0 Å². The quantitative estimate of drug-likeness (QED) is 0.427. The summed E-state index contributed by atoms with van der Waals surface area (Å²) in [6.45, 7) is 1.75. The van der Waals surface area contributed by atoms with Gasteiger partial charge in [-0.15, -0.1) is 0 Å². The number of likely N-dealkylation sites (N-methyl/N-ethyl adjacent to an activating group) is 1. The Morgan fingerprint density at radius 2 is 2.00 bits per heavy atom. The second-order valence-corrected chi connectivity index (χ2v) is 6.80. The maximum Gasteiger partial charge on any atom is 0.270 e. The molecule has 2 rings (SSSR count). The Balaban J connectivity index is 1.95. The van der Waals surface area contributed by atoms with Crippen LogP contribution in [0.25, 0.3) is 6.08 Å². The maximum absolute atomic E-state index is 12.2. The van der Waals surface area contributed by atoms with Crippen LogP contribution in [0.2, 0.25) is 0 Å². The Morgan fingerprint density at radius 1 is 1.26 bits per heavy atom. The normalized spacial score (nSPS) is 10.6. The molecule has 2 aromatic carbocycles. The van der Waals surface area contributed by atoms with Gasteiger partial charge in [-0.2, -0.15) is 0 Å². The van der Waals surface area contributed by atoms with E-state index in [-0.39, 0.29) is 24.0 Å². The predicted molar refractivity (Wildman–Crippen MR) is 107 cm³/mol. The lowest BCUT2D eigenvalue weighted by atomic mass is 10.2. The molecule has 2 amide bonds. The van der Waals surface area contributed by atoms with Crippen molar-refractivity contribution in [3.63, 3.8) is 0 Å². The number of non-ortho nitro benzene ring substituents is 1. The van der Waals surface area contributed by atoms with Gasteiger partial charge >= 0.3 is 0 Å². The number of nitrogens with zero attached hydrogens (tertiary/aromatic N) is 2. The molecule has 2 aromatic rings. The number of rotatable bonds is 6. The lowest BCUT2D eigenvalue weighted by Crippen LogP contribution is -2.34. The van der Waals surface area contributed by atoms with Crippen molar-refractivity contribution in [1.82, 2.24) is 4.90 Å². The second kappa shape index (κ2) is 9.09. The number of nitro groups is 1. The summed E-state index contributed by atoms with van der Waals surface area (Å²) in [7, 11) is 1.51. The molecular weight excluding hydrogens is 414 g/mol. The minimum atomic E-state index is -0.500. The number of nitro benzene ring substituents is 1. The van der Waals surface area contributed by atoms with Gasteiger partial charge in [0.15, 0.2) is 0 Å². The molecule has 0 aliphatic carbocycles. The first-order valence-corrected chi connectivity index (χ1v) is 8.79. The first-order valence-electron chi connectivity index (χ1n) is 8.00. The minimum Gasteiger partial charge on any atom is -0.333 e. The molecule has 140 valence electrons. The zero-order chi connectivity index (χ0) is 20.0. The first-order chi connectivity index (χ1) is 12.8. The average Bonchev–Trinajstić information content (AvgIpc) is 2.62. The highest BCUT2D eigenvalue weighted by molar-refractivity contribution is 9.10. The third kappa shape index (κ3) is 6.03. The summed E-state index contributed by atoms with van der Waals surface area (Å²) in [5, 5.41) is 13.5. The molecule has 0 aliphatic heterocycles. The molecular formula is C19H18BrN3O4. The van der Waals surface area contributed by atoms with E-state index in [0.29, 0.717) is 11.3 Å². The molecule has 0 unspecified atom stereocenters. The maximum atomic E-state index is 12.2. The van der Waals surface area contributed by atoms with E-state index in [1.807, 2.05) is 19.1 Å². The predicted octanol–water partition coefficient (Wildman–Crippen LogP) is 3.78.